The number of ether oxygens (including phenoxy) is 1. The van der Waals surface area contributed by atoms with Crippen molar-refractivity contribution in [3.63, 3.8) is 0 Å². The van der Waals surface area contributed by atoms with Crippen molar-refractivity contribution in [2.75, 3.05) is 19.6 Å². The minimum absolute atomic E-state index is 0.171. The Labute approximate surface area is 156 Å². The molecule has 8 heteroatoms. The molecule has 146 valence electrons. The highest BCUT2D eigenvalue weighted by atomic mass is 19.4. The molecule has 2 heterocycles. The van der Waals surface area contributed by atoms with Crippen LogP contribution in [-0.2, 0) is 20.1 Å². The molecule has 2 fully saturated rings. The molecule has 0 spiro atoms. The van der Waals surface area contributed by atoms with E-state index in [1.165, 1.54) is 12.1 Å². The van der Waals surface area contributed by atoms with Crippen LogP contribution in [0.5, 0.6) is 5.75 Å². The van der Waals surface area contributed by atoms with Crippen molar-refractivity contribution in [1.29, 1.82) is 0 Å². The zero-order valence-electron chi connectivity index (χ0n) is 15.1. The Morgan fingerprint density at radius 2 is 2.04 bits per heavy atom. The summed E-state index contributed by atoms with van der Waals surface area (Å²) >= 11 is 0. The van der Waals surface area contributed by atoms with Gasteiger partial charge in [0.1, 0.15) is 11.6 Å². The summed E-state index contributed by atoms with van der Waals surface area (Å²) in [6, 6.07) is 6.14. The molecule has 1 aliphatic carbocycles. The standard InChI is InChI=1S/C19H23F3N4O/c1-25-6-5-24-18(25)12-26-10-16-15(17(16)11-26)9-23-8-13-3-2-4-14(7-13)27-19(20,21)22/h2-7,15-17,23H,8-12H2,1H3. The summed E-state index contributed by atoms with van der Waals surface area (Å²) in [5.41, 5.74) is 0.791. The van der Waals surface area contributed by atoms with E-state index >= 15 is 0 Å². The van der Waals surface area contributed by atoms with E-state index in [1.54, 1.807) is 12.1 Å². The summed E-state index contributed by atoms with van der Waals surface area (Å²) in [6.45, 7) is 4.53. The molecule has 5 nitrogen and oxygen atoms in total. The molecular formula is C19H23F3N4O. The van der Waals surface area contributed by atoms with Crippen molar-refractivity contribution < 1.29 is 17.9 Å². The number of fused-ring (bicyclic) bond motifs is 1. The number of nitrogens with one attached hydrogen (secondary N) is 1. The molecule has 4 rings (SSSR count). The summed E-state index contributed by atoms with van der Waals surface area (Å²) < 4.78 is 42.9. The molecule has 2 aromatic rings. The lowest BCUT2D eigenvalue weighted by molar-refractivity contribution is -0.274. The maximum Gasteiger partial charge on any atom is 0.573 e. The number of rotatable bonds is 7. The van der Waals surface area contributed by atoms with Crippen molar-refractivity contribution in [3.8, 4) is 5.75 Å². The molecule has 2 aliphatic rings. The number of aryl methyl sites for hydroxylation is 1. The number of hydrogen-bond donors (Lipinski definition) is 1. The second kappa shape index (κ2) is 7.16. The first-order chi connectivity index (χ1) is 12.9. The van der Waals surface area contributed by atoms with Gasteiger partial charge in [-0.3, -0.25) is 4.90 Å². The molecule has 0 radical (unpaired) electrons. The summed E-state index contributed by atoms with van der Waals surface area (Å²) in [7, 11) is 2.01. The average Bonchev–Trinajstić information content (AvgIpc) is 2.92. The third kappa shape index (κ3) is 4.44. The Balaban J connectivity index is 1.19. The molecule has 1 saturated heterocycles. The molecule has 1 N–H and O–H groups in total. The molecule has 27 heavy (non-hydrogen) atoms. The summed E-state index contributed by atoms with van der Waals surface area (Å²) in [6.07, 6.45) is -0.862. The molecule has 2 atom stereocenters. The fraction of sp³-hybridized carbons (Fsp3) is 0.526. The molecule has 1 aromatic carbocycles. The van der Waals surface area contributed by atoms with Crippen LogP contribution in [0.1, 0.15) is 11.4 Å². The van der Waals surface area contributed by atoms with E-state index in [9.17, 15) is 13.2 Å². The second-order valence-electron chi connectivity index (χ2n) is 7.47. The summed E-state index contributed by atoms with van der Waals surface area (Å²) in [4.78, 5) is 6.83. The summed E-state index contributed by atoms with van der Waals surface area (Å²) in [5.74, 6) is 3.02. The molecule has 1 aliphatic heterocycles. The monoisotopic (exact) mass is 380 g/mol. The first-order valence-corrected chi connectivity index (χ1v) is 9.13. The highest BCUT2D eigenvalue weighted by Gasteiger charge is 2.54. The van der Waals surface area contributed by atoms with Gasteiger partial charge in [0.15, 0.2) is 0 Å². The van der Waals surface area contributed by atoms with Crippen LogP contribution in [0.25, 0.3) is 0 Å². The van der Waals surface area contributed by atoms with Crippen LogP contribution in [0.2, 0.25) is 0 Å². The predicted molar refractivity (Wildman–Crippen MR) is 93.8 cm³/mol. The van der Waals surface area contributed by atoms with Gasteiger partial charge in [-0.2, -0.15) is 0 Å². The quantitative estimate of drug-likeness (QED) is 0.802. The van der Waals surface area contributed by atoms with E-state index in [4.69, 9.17) is 0 Å². The van der Waals surface area contributed by atoms with Gasteiger partial charge in [0.25, 0.3) is 0 Å². The van der Waals surface area contributed by atoms with Crippen molar-refractivity contribution in [2.24, 2.45) is 24.8 Å². The van der Waals surface area contributed by atoms with Crippen LogP contribution >= 0.6 is 0 Å². The lowest BCUT2D eigenvalue weighted by Gasteiger charge is -2.19. The Morgan fingerprint density at radius 1 is 1.26 bits per heavy atom. The normalized spacial score (nSPS) is 24.8. The van der Waals surface area contributed by atoms with Crippen LogP contribution in [0.4, 0.5) is 13.2 Å². The fourth-order valence-corrected chi connectivity index (χ4v) is 4.15. The molecule has 0 amide bonds. The van der Waals surface area contributed by atoms with Crippen LogP contribution in [0.3, 0.4) is 0 Å². The van der Waals surface area contributed by atoms with E-state index in [0.29, 0.717) is 12.5 Å². The van der Waals surface area contributed by atoms with Gasteiger partial charge < -0.3 is 14.6 Å². The lowest BCUT2D eigenvalue weighted by atomic mass is 10.2. The van der Waals surface area contributed by atoms with Crippen molar-refractivity contribution in [2.45, 2.75) is 19.5 Å². The van der Waals surface area contributed by atoms with Crippen LogP contribution in [0.15, 0.2) is 36.7 Å². The highest BCUT2D eigenvalue weighted by molar-refractivity contribution is 5.28. The number of hydrogen-bond acceptors (Lipinski definition) is 4. The Hall–Kier alpha value is -2.06. The number of benzene rings is 1. The van der Waals surface area contributed by atoms with E-state index in [1.807, 2.05) is 19.4 Å². The van der Waals surface area contributed by atoms with Crippen molar-refractivity contribution >= 4 is 0 Å². The molecule has 1 aromatic heterocycles. The third-order valence-electron chi connectivity index (χ3n) is 5.57. The highest BCUT2D eigenvalue weighted by Crippen LogP contribution is 2.51. The Kier molecular flexibility index (Phi) is 4.86. The van der Waals surface area contributed by atoms with Gasteiger partial charge in [-0.15, -0.1) is 13.2 Å². The second-order valence-corrected chi connectivity index (χ2v) is 7.47. The third-order valence-corrected chi connectivity index (χ3v) is 5.57. The molecule has 1 saturated carbocycles. The van der Waals surface area contributed by atoms with Gasteiger partial charge in [-0.1, -0.05) is 12.1 Å². The van der Waals surface area contributed by atoms with Crippen LogP contribution < -0.4 is 10.1 Å². The van der Waals surface area contributed by atoms with Gasteiger partial charge in [0, 0.05) is 39.1 Å². The molecule has 0 bridgehead atoms. The predicted octanol–water partition coefficient (Wildman–Crippen LogP) is 2.79. The van der Waals surface area contributed by atoms with E-state index in [0.717, 1.165) is 49.4 Å². The first-order valence-electron chi connectivity index (χ1n) is 9.13. The number of alkyl halides is 3. The zero-order valence-corrected chi connectivity index (χ0v) is 15.1. The van der Waals surface area contributed by atoms with Gasteiger partial charge in [-0.05, 0) is 42.0 Å². The lowest BCUT2D eigenvalue weighted by Crippen LogP contribution is -2.28. The van der Waals surface area contributed by atoms with Crippen molar-refractivity contribution in [3.05, 3.63) is 48.0 Å². The van der Waals surface area contributed by atoms with Crippen LogP contribution in [0, 0.1) is 17.8 Å². The number of halogens is 3. The van der Waals surface area contributed by atoms with E-state index in [-0.39, 0.29) is 5.75 Å². The fourth-order valence-electron chi connectivity index (χ4n) is 4.15. The Morgan fingerprint density at radius 3 is 2.70 bits per heavy atom. The van der Waals surface area contributed by atoms with Crippen LogP contribution in [-0.4, -0.2) is 40.4 Å². The topological polar surface area (TPSA) is 42.3 Å². The minimum Gasteiger partial charge on any atom is -0.406 e. The number of nitrogens with zero attached hydrogens (tertiary/aromatic N) is 3. The van der Waals surface area contributed by atoms with E-state index in [2.05, 4.69) is 24.5 Å². The largest absolute Gasteiger partial charge is 0.573 e. The number of aromatic nitrogens is 2. The smallest absolute Gasteiger partial charge is 0.406 e. The first kappa shape index (κ1) is 18.3. The SMILES string of the molecule is Cn1ccnc1CN1CC2C(CNCc3cccc(OC(F)(F)F)c3)C2C1. The van der Waals surface area contributed by atoms with E-state index < -0.39 is 6.36 Å². The Bertz CT molecular complexity index is 779. The maximum atomic E-state index is 12.3. The number of piperidine rings is 1. The zero-order chi connectivity index (χ0) is 19.0. The number of likely N-dealkylation sites (tertiary alicyclic amines) is 1. The minimum atomic E-state index is -4.65. The molecule has 2 unspecified atom stereocenters. The van der Waals surface area contributed by atoms with Crippen molar-refractivity contribution in [1.82, 2.24) is 19.8 Å². The van der Waals surface area contributed by atoms with Gasteiger partial charge in [0.05, 0.1) is 6.54 Å². The maximum absolute atomic E-state index is 12.3. The van der Waals surface area contributed by atoms with Gasteiger partial charge >= 0.3 is 6.36 Å². The van der Waals surface area contributed by atoms with Gasteiger partial charge in [0.2, 0.25) is 0 Å². The number of imidazole rings is 1. The summed E-state index contributed by atoms with van der Waals surface area (Å²) in [5, 5.41) is 3.38. The van der Waals surface area contributed by atoms with Gasteiger partial charge in [-0.25, -0.2) is 4.98 Å². The average molecular weight is 380 g/mol. The molecular weight excluding hydrogens is 357 g/mol.